The Hall–Kier alpha value is -0.953. The summed E-state index contributed by atoms with van der Waals surface area (Å²) in [6.07, 6.45) is 1.41. The zero-order valence-electron chi connectivity index (χ0n) is 17.4. The number of ether oxygens (including phenoxy) is 1. The van der Waals surface area contributed by atoms with Crippen molar-refractivity contribution in [2.24, 2.45) is 11.8 Å². The molecule has 6 heteroatoms. The van der Waals surface area contributed by atoms with Crippen molar-refractivity contribution in [2.75, 3.05) is 0 Å². The van der Waals surface area contributed by atoms with Crippen LogP contribution in [0.4, 0.5) is 0 Å². The van der Waals surface area contributed by atoms with Crippen LogP contribution in [-0.4, -0.2) is 35.0 Å². The molecule has 27 heavy (non-hydrogen) atoms. The van der Waals surface area contributed by atoms with Gasteiger partial charge in [-0.2, -0.15) is 0 Å². The molecule has 0 N–H and O–H groups in total. The molecule has 0 bridgehead atoms. The van der Waals surface area contributed by atoms with Gasteiger partial charge in [0.1, 0.15) is 6.10 Å². The van der Waals surface area contributed by atoms with Crippen LogP contribution in [0.5, 0.6) is 0 Å². The van der Waals surface area contributed by atoms with E-state index in [4.69, 9.17) is 9.16 Å². The van der Waals surface area contributed by atoms with Gasteiger partial charge >= 0.3 is 0 Å². The summed E-state index contributed by atoms with van der Waals surface area (Å²) < 4.78 is 39.0. The molecular weight excluding hydrogens is 376 g/mol. The third-order valence-corrected chi connectivity index (χ3v) is 12.7. The first-order valence-electron chi connectivity index (χ1n) is 9.71. The van der Waals surface area contributed by atoms with Crippen LogP contribution in [0.3, 0.4) is 0 Å². The van der Waals surface area contributed by atoms with Crippen LogP contribution < -0.4 is 0 Å². The summed E-state index contributed by atoms with van der Waals surface area (Å²) >= 11 is 0. The van der Waals surface area contributed by atoms with Gasteiger partial charge < -0.3 is 9.16 Å². The summed E-state index contributed by atoms with van der Waals surface area (Å²) in [7, 11) is -5.53. The predicted octanol–water partition coefficient (Wildman–Crippen LogP) is 4.79. The smallest absolute Gasteiger partial charge is 0.205 e. The lowest BCUT2D eigenvalue weighted by Crippen LogP contribution is -2.47. The molecule has 1 aromatic carbocycles. The van der Waals surface area contributed by atoms with E-state index in [2.05, 4.69) is 47.7 Å². The molecule has 0 amide bonds. The molecule has 0 spiro atoms. The number of fused-ring (bicyclic) bond motifs is 1. The highest BCUT2D eigenvalue weighted by Crippen LogP contribution is 2.47. The number of rotatable bonds is 4. The number of benzene rings is 1. The van der Waals surface area contributed by atoms with Crippen LogP contribution >= 0.6 is 0 Å². The molecule has 2 aliphatic rings. The van der Waals surface area contributed by atoms with Gasteiger partial charge in [0, 0.05) is 11.8 Å². The van der Waals surface area contributed by atoms with Crippen LogP contribution in [0.15, 0.2) is 46.2 Å². The highest BCUT2D eigenvalue weighted by atomic mass is 32.2. The average Bonchev–Trinajstić information content (AvgIpc) is 3.36. The minimum absolute atomic E-state index is 0.0130. The SMILES string of the molecule is C[C@H]1[C@H]2O[C@@H]2C(S(=O)(=O)c2ccccc2)=C[C@H](C)[C@H]1O[Si](C)(C)C(C)(C)C. The van der Waals surface area contributed by atoms with E-state index >= 15 is 0 Å². The van der Waals surface area contributed by atoms with Gasteiger partial charge in [-0.3, -0.25) is 0 Å². The maximum atomic E-state index is 13.2. The monoisotopic (exact) mass is 408 g/mol. The van der Waals surface area contributed by atoms with E-state index in [0.29, 0.717) is 9.80 Å². The molecule has 1 aliphatic carbocycles. The molecule has 3 rings (SSSR count). The number of sulfone groups is 1. The van der Waals surface area contributed by atoms with E-state index in [1.165, 1.54) is 0 Å². The van der Waals surface area contributed by atoms with Crippen molar-refractivity contribution in [2.45, 2.75) is 76.0 Å². The Bertz CT molecular complexity index is 823. The van der Waals surface area contributed by atoms with E-state index in [0.717, 1.165) is 0 Å². The van der Waals surface area contributed by atoms with Crippen LogP contribution in [0.25, 0.3) is 0 Å². The summed E-state index contributed by atoms with van der Waals surface area (Å²) in [4.78, 5) is 0.730. The van der Waals surface area contributed by atoms with Crippen molar-refractivity contribution >= 4 is 18.2 Å². The largest absolute Gasteiger partial charge is 0.413 e. The van der Waals surface area contributed by atoms with Gasteiger partial charge in [0.2, 0.25) is 9.84 Å². The Morgan fingerprint density at radius 2 is 1.67 bits per heavy atom. The molecule has 4 nitrogen and oxygen atoms in total. The van der Waals surface area contributed by atoms with E-state index in [-0.39, 0.29) is 35.2 Å². The molecule has 0 unspecified atom stereocenters. The van der Waals surface area contributed by atoms with Crippen LogP contribution in [0.1, 0.15) is 34.6 Å². The summed E-state index contributed by atoms with van der Waals surface area (Å²) in [5, 5.41) is 0.102. The fraction of sp³-hybridized carbons (Fsp3) is 0.619. The molecule has 0 aromatic heterocycles. The van der Waals surface area contributed by atoms with Gasteiger partial charge in [-0.25, -0.2) is 8.42 Å². The molecule has 1 saturated heterocycles. The molecular formula is C21H32O4SSi. The van der Waals surface area contributed by atoms with Crippen LogP contribution in [0.2, 0.25) is 18.1 Å². The Morgan fingerprint density at radius 1 is 1.07 bits per heavy atom. The topological polar surface area (TPSA) is 55.9 Å². The Labute approximate surface area is 165 Å². The van der Waals surface area contributed by atoms with E-state index < -0.39 is 18.2 Å². The second-order valence-electron chi connectivity index (χ2n) is 9.47. The molecule has 0 radical (unpaired) electrons. The second kappa shape index (κ2) is 6.83. The molecule has 1 aliphatic heterocycles. The summed E-state index contributed by atoms with van der Waals surface area (Å²) in [5.41, 5.74) is 0. The lowest BCUT2D eigenvalue weighted by Gasteiger charge is -2.42. The zero-order chi connectivity index (χ0) is 20.2. The van der Waals surface area contributed by atoms with Gasteiger partial charge in [0.05, 0.1) is 22.0 Å². The third-order valence-electron chi connectivity index (χ3n) is 6.39. The molecule has 0 saturated carbocycles. The van der Waals surface area contributed by atoms with Gasteiger partial charge in [-0.1, -0.05) is 58.9 Å². The molecule has 1 aromatic rings. The molecule has 5 atom stereocenters. The first-order valence-corrected chi connectivity index (χ1v) is 14.1. The van der Waals surface area contributed by atoms with E-state index in [1.54, 1.807) is 24.3 Å². The quantitative estimate of drug-likeness (QED) is 0.531. The van der Waals surface area contributed by atoms with Crippen molar-refractivity contribution in [1.29, 1.82) is 0 Å². The van der Waals surface area contributed by atoms with E-state index in [9.17, 15) is 8.42 Å². The standard InChI is InChI=1S/C21H32O4SSi/c1-14-13-17(26(22,23)16-11-9-8-10-12-16)20-19(24-20)15(2)18(14)25-27(6,7)21(3,4)5/h8-15,18-20H,1-7H3/t14-,15+,18+,19+,20+/m0/s1. The van der Waals surface area contributed by atoms with Crippen molar-refractivity contribution in [3.8, 4) is 0 Å². The van der Waals surface area contributed by atoms with E-state index in [1.807, 2.05) is 12.1 Å². The predicted molar refractivity (Wildman–Crippen MR) is 111 cm³/mol. The van der Waals surface area contributed by atoms with Crippen molar-refractivity contribution in [3.63, 3.8) is 0 Å². The minimum Gasteiger partial charge on any atom is -0.413 e. The number of hydrogen-bond acceptors (Lipinski definition) is 4. The maximum Gasteiger partial charge on any atom is 0.205 e. The van der Waals surface area contributed by atoms with Gasteiger partial charge in [0.25, 0.3) is 0 Å². The minimum atomic E-state index is -3.55. The fourth-order valence-corrected chi connectivity index (χ4v) is 6.72. The highest BCUT2D eigenvalue weighted by Gasteiger charge is 2.55. The number of hydrogen-bond donors (Lipinski definition) is 0. The Balaban J connectivity index is 1.95. The Kier molecular flexibility index (Phi) is 5.26. The highest BCUT2D eigenvalue weighted by molar-refractivity contribution is 7.95. The third kappa shape index (κ3) is 3.82. The fourth-order valence-electron chi connectivity index (χ4n) is 3.58. The molecule has 1 fully saturated rings. The average molecular weight is 409 g/mol. The summed E-state index contributed by atoms with van der Waals surface area (Å²) in [6, 6.07) is 8.63. The Morgan fingerprint density at radius 3 is 2.22 bits per heavy atom. The van der Waals surface area contributed by atoms with Crippen LogP contribution in [-0.2, 0) is 19.0 Å². The normalized spacial score (nSPS) is 31.7. The van der Waals surface area contributed by atoms with Crippen molar-refractivity contribution < 1.29 is 17.6 Å². The van der Waals surface area contributed by atoms with Crippen molar-refractivity contribution in [1.82, 2.24) is 0 Å². The zero-order valence-corrected chi connectivity index (χ0v) is 19.2. The van der Waals surface area contributed by atoms with Crippen LogP contribution in [0, 0.1) is 11.8 Å². The maximum absolute atomic E-state index is 13.2. The lowest BCUT2D eigenvalue weighted by molar-refractivity contribution is 0.0776. The van der Waals surface area contributed by atoms with Crippen molar-refractivity contribution in [3.05, 3.63) is 41.3 Å². The van der Waals surface area contributed by atoms with Gasteiger partial charge in [-0.05, 0) is 30.3 Å². The second-order valence-corrected chi connectivity index (χ2v) is 16.2. The first-order chi connectivity index (χ1) is 12.4. The van der Waals surface area contributed by atoms with Gasteiger partial charge in [-0.15, -0.1) is 0 Å². The summed E-state index contributed by atoms with van der Waals surface area (Å²) in [5.74, 6) is 0.165. The summed E-state index contributed by atoms with van der Waals surface area (Å²) in [6.45, 7) is 15.4. The lowest BCUT2D eigenvalue weighted by atomic mass is 9.93. The first kappa shape index (κ1) is 20.8. The molecule has 150 valence electrons. The van der Waals surface area contributed by atoms with Gasteiger partial charge in [0.15, 0.2) is 8.32 Å². The molecule has 1 heterocycles. The number of epoxide rings is 1.